The Balaban J connectivity index is 1.53. The third-order valence-corrected chi connectivity index (χ3v) is 4.19. The maximum absolute atomic E-state index is 12.0. The smallest absolute Gasteiger partial charge is 0.310 e. The maximum atomic E-state index is 12.0. The molecule has 26 heavy (non-hydrogen) atoms. The molecular formula is C22H17ClO3. The Labute approximate surface area is 157 Å². The highest BCUT2D eigenvalue weighted by molar-refractivity contribution is 6.30. The third-order valence-electron chi connectivity index (χ3n) is 3.94. The summed E-state index contributed by atoms with van der Waals surface area (Å²) in [6, 6.07) is 24.2. The van der Waals surface area contributed by atoms with Crippen LogP contribution in [0.4, 0.5) is 0 Å². The predicted molar refractivity (Wildman–Crippen MR) is 102 cm³/mol. The molecule has 3 aromatic carbocycles. The van der Waals surface area contributed by atoms with Crippen molar-refractivity contribution < 1.29 is 14.3 Å². The van der Waals surface area contributed by atoms with Crippen LogP contribution in [0.5, 0.6) is 0 Å². The normalized spacial score (nSPS) is 10.3. The first kappa shape index (κ1) is 17.9. The number of carbonyl (C=O) groups is 2. The van der Waals surface area contributed by atoms with E-state index in [4.69, 9.17) is 16.3 Å². The maximum Gasteiger partial charge on any atom is 0.310 e. The van der Waals surface area contributed by atoms with Gasteiger partial charge in [-0.1, -0.05) is 66.2 Å². The van der Waals surface area contributed by atoms with Crippen molar-refractivity contribution in [1.82, 2.24) is 0 Å². The van der Waals surface area contributed by atoms with E-state index in [1.165, 1.54) is 0 Å². The highest BCUT2D eigenvalue weighted by Gasteiger charge is 2.11. The topological polar surface area (TPSA) is 43.4 Å². The van der Waals surface area contributed by atoms with Crippen molar-refractivity contribution >= 4 is 23.4 Å². The average Bonchev–Trinajstić information content (AvgIpc) is 2.68. The van der Waals surface area contributed by atoms with Crippen molar-refractivity contribution in [3.05, 3.63) is 95.0 Å². The lowest BCUT2D eigenvalue weighted by molar-refractivity contribution is -0.141. The Hall–Kier alpha value is -2.91. The minimum absolute atomic E-state index is 0.128. The van der Waals surface area contributed by atoms with Crippen LogP contribution in [-0.4, -0.2) is 18.4 Å². The van der Waals surface area contributed by atoms with Crippen LogP contribution in [0.15, 0.2) is 78.9 Å². The molecule has 0 atom stereocenters. The van der Waals surface area contributed by atoms with Gasteiger partial charge in [-0.2, -0.15) is 0 Å². The van der Waals surface area contributed by atoms with Gasteiger partial charge in [-0.3, -0.25) is 9.59 Å². The minimum atomic E-state index is -0.431. The fourth-order valence-corrected chi connectivity index (χ4v) is 2.65. The number of ether oxygens (including phenoxy) is 1. The predicted octanol–water partition coefficient (Wildman–Crippen LogP) is 4.98. The van der Waals surface area contributed by atoms with Crippen LogP contribution in [0.1, 0.15) is 15.9 Å². The van der Waals surface area contributed by atoms with E-state index in [2.05, 4.69) is 0 Å². The summed E-state index contributed by atoms with van der Waals surface area (Å²) in [7, 11) is 0. The molecule has 4 heteroatoms. The quantitative estimate of drug-likeness (QED) is 0.458. The zero-order valence-corrected chi connectivity index (χ0v) is 14.8. The van der Waals surface area contributed by atoms with E-state index in [9.17, 15) is 9.59 Å². The van der Waals surface area contributed by atoms with Crippen molar-refractivity contribution in [2.24, 2.45) is 0 Å². The molecule has 0 heterocycles. The highest BCUT2D eigenvalue weighted by atomic mass is 35.5. The molecule has 0 unspecified atom stereocenters. The number of carbonyl (C=O) groups excluding carboxylic acids is 2. The molecular weight excluding hydrogens is 348 g/mol. The second-order valence-electron chi connectivity index (χ2n) is 5.83. The summed E-state index contributed by atoms with van der Waals surface area (Å²) in [6.07, 6.45) is 0.128. The molecule has 3 aromatic rings. The molecule has 0 aliphatic rings. The van der Waals surface area contributed by atoms with Gasteiger partial charge >= 0.3 is 5.97 Å². The summed E-state index contributed by atoms with van der Waals surface area (Å²) in [5.74, 6) is -0.686. The summed E-state index contributed by atoms with van der Waals surface area (Å²) >= 11 is 5.79. The van der Waals surface area contributed by atoms with Crippen molar-refractivity contribution in [2.75, 3.05) is 6.61 Å². The zero-order valence-electron chi connectivity index (χ0n) is 14.0. The minimum Gasteiger partial charge on any atom is -0.457 e. The number of hydrogen-bond donors (Lipinski definition) is 0. The first-order chi connectivity index (χ1) is 12.6. The van der Waals surface area contributed by atoms with Crippen LogP contribution in [0, 0.1) is 0 Å². The Morgan fingerprint density at radius 2 is 1.38 bits per heavy atom. The Bertz CT molecular complexity index is 885. The largest absolute Gasteiger partial charge is 0.457 e. The summed E-state index contributed by atoms with van der Waals surface area (Å²) in [5.41, 5.74) is 3.51. The molecule has 0 aromatic heterocycles. The lowest BCUT2D eigenvalue weighted by Crippen LogP contribution is -2.15. The fraction of sp³-hybridized carbons (Fsp3) is 0.0909. The van der Waals surface area contributed by atoms with E-state index < -0.39 is 5.97 Å². The van der Waals surface area contributed by atoms with Gasteiger partial charge in [0.2, 0.25) is 0 Å². The summed E-state index contributed by atoms with van der Waals surface area (Å²) in [6.45, 7) is -0.275. The van der Waals surface area contributed by atoms with Crippen molar-refractivity contribution in [3.63, 3.8) is 0 Å². The first-order valence-electron chi connectivity index (χ1n) is 8.20. The Kier molecular flexibility index (Phi) is 5.82. The first-order valence-corrected chi connectivity index (χ1v) is 8.58. The van der Waals surface area contributed by atoms with Gasteiger partial charge in [0.15, 0.2) is 12.4 Å². The SMILES string of the molecule is O=C(Cc1ccc(-c2ccccc2)cc1)OCC(=O)c1ccc(Cl)cc1. The summed E-state index contributed by atoms with van der Waals surface area (Å²) < 4.78 is 5.09. The van der Waals surface area contributed by atoms with Crippen LogP contribution < -0.4 is 0 Å². The van der Waals surface area contributed by atoms with Gasteiger partial charge in [0.05, 0.1) is 6.42 Å². The van der Waals surface area contributed by atoms with Gasteiger partial charge in [-0.25, -0.2) is 0 Å². The fourth-order valence-electron chi connectivity index (χ4n) is 2.53. The van der Waals surface area contributed by atoms with E-state index >= 15 is 0 Å². The molecule has 0 bridgehead atoms. The van der Waals surface area contributed by atoms with Gasteiger partial charge in [0.1, 0.15) is 0 Å². The lowest BCUT2D eigenvalue weighted by atomic mass is 10.0. The standard InChI is InChI=1S/C22H17ClO3/c23-20-12-10-19(11-13-20)21(24)15-26-22(25)14-16-6-8-18(9-7-16)17-4-2-1-3-5-17/h1-13H,14-15H2. The van der Waals surface area contributed by atoms with Crippen LogP contribution in [-0.2, 0) is 16.0 Å². The molecule has 0 saturated carbocycles. The van der Waals surface area contributed by atoms with E-state index in [1.54, 1.807) is 24.3 Å². The molecule has 0 N–H and O–H groups in total. The molecule has 0 spiro atoms. The molecule has 0 radical (unpaired) electrons. The zero-order chi connectivity index (χ0) is 18.4. The van der Waals surface area contributed by atoms with E-state index in [0.717, 1.165) is 16.7 Å². The van der Waals surface area contributed by atoms with E-state index in [0.29, 0.717) is 10.6 Å². The van der Waals surface area contributed by atoms with E-state index in [1.807, 2.05) is 54.6 Å². The molecule has 3 rings (SSSR count). The summed E-state index contributed by atoms with van der Waals surface area (Å²) in [4.78, 5) is 24.0. The second-order valence-corrected chi connectivity index (χ2v) is 6.27. The molecule has 0 aliphatic carbocycles. The van der Waals surface area contributed by atoms with Crippen LogP contribution in [0.3, 0.4) is 0 Å². The van der Waals surface area contributed by atoms with Crippen LogP contribution >= 0.6 is 11.6 Å². The van der Waals surface area contributed by atoms with Crippen LogP contribution in [0.2, 0.25) is 5.02 Å². The molecule has 0 fully saturated rings. The number of Topliss-reactive ketones (excluding diaryl/α,β-unsaturated/α-hetero) is 1. The number of ketones is 1. The molecule has 130 valence electrons. The van der Waals surface area contributed by atoms with E-state index in [-0.39, 0.29) is 18.8 Å². The molecule has 0 amide bonds. The lowest BCUT2D eigenvalue weighted by Gasteiger charge is -2.06. The van der Waals surface area contributed by atoms with Gasteiger partial charge in [0, 0.05) is 10.6 Å². The van der Waals surface area contributed by atoms with Gasteiger partial charge < -0.3 is 4.74 Å². The van der Waals surface area contributed by atoms with Crippen molar-refractivity contribution in [3.8, 4) is 11.1 Å². The third kappa shape index (κ3) is 4.80. The summed E-state index contributed by atoms with van der Waals surface area (Å²) in [5, 5.41) is 0.553. The number of hydrogen-bond acceptors (Lipinski definition) is 3. The van der Waals surface area contributed by atoms with Gasteiger partial charge in [-0.15, -0.1) is 0 Å². The van der Waals surface area contributed by atoms with Crippen LogP contribution in [0.25, 0.3) is 11.1 Å². The monoisotopic (exact) mass is 364 g/mol. The average molecular weight is 365 g/mol. The number of rotatable bonds is 6. The van der Waals surface area contributed by atoms with Gasteiger partial charge in [-0.05, 0) is 41.0 Å². The second kappa shape index (κ2) is 8.45. The molecule has 3 nitrogen and oxygen atoms in total. The molecule has 0 aliphatic heterocycles. The number of esters is 1. The Morgan fingerprint density at radius 3 is 2.04 bits per heavy atom. The van der Waals surface area contributed by atoms with Crippen molar-refractivity contribution in [1.29, 1.82) is 0 Å². The number of halogens is 1. The number of benzene rings is 3. The van der Waals surface area contributed by atoms with Gasteiger partial charge in [0.25, 0.3) is 0 Å². The van der Waals surface area contributed by atoms with Crippen molar-refractivity contribution in [2.45, 2.75) is 6.42 Å². The highest BCUT2D eigenvalue weighted by Crippen LogP contribution is 2.19. The molecule has 0 saturated heterocycles. The Morgan fingerprint density at radius 1 is 0.769 bits per heavy atom.